The Morgan fingerprint density at radius 2 is 2.06 bits per heavy atom. The summed E-state index contributed by atoms with van der Waals surface area (Å²) in [4.78, 5) is 14.7. The van der Waals surface area contributed by atoms with Gasteiger partial charge in [-0.3, -0.25) is 4.79 Å². The molecule has 1 aromatic rings. The quantitative estimate of drug-likeness (QED) is 0.763. The molecule has 7 heteroatoms. The second-order valence-electron chi connectivity index (χ2n) is 4.13. The van der Waals surface area contributed by atoms with Crippen LogP contribution < -0.4 is 10.1 Å². The van der Waals surface area contributed by atoms with Gasteiger partial charge < -0.3 is 10.1 Å². The molecule has 1 aliphatic rings. The van der Waals surface area contributed by atoms with E-state index >= 15 is 0 Å². The summed E-state index contributed by atoms with van der Waals surface area (Å²) in [7, 11) is 0. The van der Waals surface area contributed by atoms with E-state index in [9.17, 15) is 18.0 Å². The van der Waals surface area contributed by atoms with Gasteiger partial charge in [-0.05, 0) is 13.8 Å². The predicted octanol–water partition coefficient (Wildman–Crippen LogP) is 2.21. The van der Waals surface area contributed by atoms with Crippen LogP contribution in [0.15, 0.2) is 12.3 Å². The zero-order valence-electron chi connectivity index (χ0n) is 9.05. The molecule has 1 aliphatic heterocycles. The van der Waals surface area contributed by atoms with Gasteiger partial charge in [0.15, 0.2) is 5.60 Å². The topological polar surface area (TPSA) is 51.2 Å². The van der Waals surface area contributed by atoms with Crippen LogP contribution in [0.1, 0.15) is 19.5 Å². The molecule has 0 saturated carbocycles. The monoisotopic (exact) mass is 246 g/mol. The van der Waals surface area contributed by atoms with Crippen LogP contribution >= 0.6 is 0 Å². The molecule has 0 aromatic carbocycles. The van der Waals surface area contributed by atoms with Crippen LogP contribution in [-0.4, -0.2) is 16.5 Å². The number of ether oxygens (including phenoxy) is 1. The summed E-state index contributed by atoms with van der Waals surface area (Å²) < 4.78 is 42.5. The lowest BCUT2D eigenvalue weighted by Crippen LogP contribution is -2.45. The smallest absolute Gasteiger partial charge is 0.433 e. The first-order chi connectivity index (χ1) is 7.70. The molecule has 1 amide bonds. The first-order valence-electron chi connectivity index (χ1n) is 4.78. The fourth-order valence-electron chi connectivity index (χ4n) is 1.36. The van der Waals surface area contributed by atoms with E-state index in [0.717, 1.165) is 12.3 Å². The Labute approximate surface area is 94.8 Å². The standard InChI is InChI=1S/C10H9F3N2O2/c1-9(2)8(16)15-5-4-14-7(10(11,12)13)3-6(5)17-9/h3-4H,1-2H3,(H,15,16). The number of amides is 1. The van der Waals surface area contributed by atoms with E-state index in [0.29, 0.717) is 0 Å². The van der Waals surface area contributed by atoms with Gasteiger partial charge in [-0.2, -0.15) is 13.2 Å². The second-order valence-corrected chi connectivity index (χ2v) is 4.13. The highest BCUT2D eigenvalue weighted by atomic mass is 19.4. The minimum atomic E-state index is -4.54. The maximum atomic E-state index is 12.4. The Kier molecular flexibility index (Phi) is 2.30. The second kappa shape index (κ2) is 3.35. The maximum absolute atomic E-state index is 12.4. The molecule has 2 heterocycles. The van der Waals surface area contributed by atoms with Crippen molar-refractivity contribution in [2.24, 2.45) is 0 Å². The molecular weight excluding hydrogens is 237 g/mol. The predicted molar refractivity (Wildman–Crippen MR) is 52.6 cm³/mol. The highest BCUT2D eigenvalue weighted by Gasteiger charge is 2.38. The summed E-state index contributed by atoms with van der Waals surface area (Å²) in [5, 5.41) is 2.44. The molecular formula is C10H9F3N2O2. The van der Waals surface area contributed by atoms with Crippen molar-refractivity contribution in [2.45, 2.75) is 25.6 Å². The number of rotatable bonds is 0. The minimum absolute atomic E-state index is 0.0306. The van der Waals surface area contributed by atoms with Gasteiger partial charge in [-0.25, -0.2) is 4.98 Å². The van der Waals surface area contributed by atoms with Gasteiger partial charge in [-0.1, -0.05) is 0 Å². The molecule has 0 radical (unpaired) electrons. The van der Waals surface area contributed by atoms with Gasteiger partial charge in [0.25, 0.3) is 5.91 Å². The van der Waals surface area contributed by atoms with Gasteiger partial charge in [0, 0.05) is 6.07 Å². The van der Waals surface area contributed by atoms with Crippen molar-refractivity contribution in [3.63, 3.8) is 0 Å². The number of halogens is 3. The number of nitrogens with one attached hydrogen (secondary N) is 1. The first-order valence-corrected chi connectivity index (χ1v) is 4.78. The van der Waals surface area contributed by atoms with Gasteiger partial charge in [0.1, 0.15) is 17.1 Å². The minimum Gasteiger partial charge on any atom is -0.476 e. The number of hydrogen-bond acceptors (Lipinski definition) is 3. The summed E-state index contributed by atoms with van der Waals surface area (Å²) in [5.41, 5.74) is -2.11. The molecule has 0 spiro atoms. The molecule has 0 saturated heterocycles. The Bertz CT molecular complexity index is 483. The van der Waals surface area contributed by atoms with E-state index in [2.05, 4.69) is 10.3 Å². The summed E-state index contributed by atoms with van der Waals surface area (Å²) in [5.74, 6) is -0.455. The zero-order chi connectivity index (χ0) is 12.8. The molecule has 1 N–H and O–H groups in total. The molecule has 0 unspecified atom stereocenters. The van der Waals surface area contributed by atoms with E-state index in [4.69, 9.17) is 4.74 Å². The molecule has 4 nitrogen and oxygen atoms in total. The average Bonchev–Trinajstić information content (AvgIpc) is 2.17. The van der Waals surface area contributed by atoms with E-state index in [-0.39, 0.29) is 11.4 Å². The van der Waals surface area contributed by atoms with Gasteiger partial charge in [0.2, 0.25) is 0 Å². The van der Waals surface area contributed by atoms with Crippen LogP contribution in [-0.2, 0) is 11.0 Å². The Balaban J connectivity index is 2.45. The number of anilines is 1. The molecule has 0 atom stereocenters. The summed E-state index contributed by atoms with van der Waals surface area (Å²) in [6, 6.07) is 0.774. The van der Waals surface area contributed by atoms with Crippen molar-refractivity contribution in [2.75, 3.05) is 5.32 Å². The normalized spacial score (nSPS) is 18.1. The summed E-state index contributed by atoms with van der Waals surface area (Å²) >= 11 is 0. The molecule has 0 bridgehead atoms. The summed E-state index contributed by atoms with van der Waals surface area (Å²) in [6.45, 7) is 2.94. The largest absolute Gasteiger partial charge is 0.476 e. The van der Waals surface area contributed by atoms with Crippen molar-refractivity contribution in [3.05, 3.63) is 18.0 Å². The number of carbonyl (C=O) groups excluding carboxylic acids is 1. The first kappa shape index (κ1) is 11.7. The molecule has 2 rings (SSSR count). The Morgan fingerprint density at radius 1 is 1.41 bits per heavy atom. The van der Waals surface area contributed by atoms with Crippen LogP contribution in [0, 0.1) is 0 Å². The Hall–Kier alpha value is -1.79. The third kappa shape index (κ3) is 2.04. The SMILES string of the molecule is CC1(C)Oc2cc(C(F)(F)F)ncc2NC1=O. The van der Waals surface area contributed by atoms with Gasteiger partial charge >= 0.3 is 6.18 Å². The number of nitrogens with zero attached hydrogens (tertiary/aromatic N) is 1. The lowest BCUT2D eigenvalue weighted by atomic mass is 10.1. The third-order valence-corrected chi connectivity index (χ3v) is 2.32. The van der Waals surface area contributed by atoms with Crippen molar-refractivity contribution in [3.8, 4) is 5.75 Å². The number of alkyl halides is 3. The average molecular weight is 246 g/mol. The molecule has 17 heavy (non-hydrogen) atoms. The molecule has 0 aliphatic carbocycles. The van der Waals surface area contributed by atoms with Gasteiger partial charge in [-0.15, -0.1) is 0 Å². The van der Waals surface area contributed by atoms with E-state index in [1.165, 1.54) is 13.8 Å². The fourth-order valence-corrected chi connectivity index (χ4v) is 1.36. The fraction of sp³-hybridized carbons (Fsp3) is 0.400. The van der Waals surface area contributed by atoms with Crippen LogP contribution in [0.4, 0.5) is 18.9 Å². The van der Waals surface area contributed by atoms with E-state index in [1.54, 1.807) is 0 Å². The molecule has 0 fully saturated rings. The number of carbonyl (C=O) groups is 1. The van der Waals surface area contributed by atoms with Crippen LogP contribution in [0.3, 0.4) is 0 Å². The van der Waals surface area contributed by atoms with E-state index < -0.39 is 23.4 Å². The number of fused-ring (bicyclic) bond motifs is 1. The highest BCUT2D eigenvalue weighted by molar-refractivity contribution is 5.99. The van der Waals surface area contributed by atoms with E-state index in [1.807, 2.05) is 0 Å². The van der Waals surface area contributed by atoms with Crippen LogP contribution in [0.25, 0.3) is 0 Å². The molecule has 92 valence electrons. The number of aromatic nitrogens is 1. The Morgan fingerprint density at radius 3 is 2.65 bits per heavy atom. The zero-order valence-corrected chi connectivity index (χ0v) is 9.05. The van der Waals surface area contributed by atoms with Crippen molar-refractivity contribution in [1.29, 1.82) is 0 Å². The molecule has 1 aromatic heterocycles. The number of pyridine rings is 1. The third-order valence-electron chi connectivity index (χ3n) is 2.32. The van der Waals surface area contributed by atoms with Crippen LogP contribution in [0.2, 0.25) is 0 Å². The van der Waals surface area contributed by atoms with Crippen molar-refractivity contribution in [1.82, 2.24) is 4.98 Å². The summed E-state index contributed by atoms with van der Waals surface area (Å²) in [6.07, 6.45) is -3.60. The maximum Gasteiger partial charge on any atom is 0.433 e. The number of hydrogen-bond donors (Lipinski definition) is 1. The van der Waals surface area contributed by atoms with Gasteiger partial charge in [0.05, 0.1) is 6.20 Å². The van der Waals surface area contributed by atoms with Crippen LogP contribution in [0.5, 0.6) is 5.75 Å². The highest BCUT2D eigenvalue weighted by Crippen LogP contribution is 2.37. The van der Waals surface area contributed by atoms with Crippen molar-refractivity contribution < 1.29 is 22.7 Å². The van der Waals surface area contributed by atoms with Crippen molar-refractivity contribution >= 4 is 11.6 Å². The lowest BCUT2D eigenvalue weighted by Gasteiger charge is -2.31. The lowest BCUT2D eigenvalue weighted by molar-refractivity contribution is -0.141.